The summed E-state index contributed by atoms with van der Waals surface area (Å²) in [5.74, 6) is -1.49. The number of nitrogens with zero attached hydrogens (tertiary/aromatic N) is 2. The third-order valence-electron chi connectivity index (χ3n) is 4.69. The molecular formula is C23H21BrFN3O5S. The van der Waals surface area contributed by atoms with E-state index in [1.54, 1.807) is 25.1 Å². The van der Waals surface area contributed by atoms with Crippen LogP contribution in [-0.4, -0.2) is 39.3 Å². The number of hydrazone groups is 1. The zero-order valence-electron chi connectivity index (χ0n) is 18.2. The summed E-state index contributed by atoms with van der Waals surface area (Å²) in [6.07, 6.45) is 1.28. The summed E-state index contributed by atoms with van der Waals surface area (Å²) in [7, 11) is -2.87. The van der Waals surface area contributed by atoms with E-state index in [2.05, 4.69) is 26.5 Å². The fourth-order valence-corrected chi connectivity index (χ4v) is 4.85. The molecule has 3 aromatic rings. The van der Waals surface area contributed by atoms with Crippen LogP contribution in [0.15, 0.2) is 75.1 Å². The molecule has 8 nitrogen and oxygen atoms in total. The molecule has 0 bridgehead atoms. The number of amides is 1. The second-order valence-corrected chi connectivity index (χ2v) is 9.84. The predicted molar refractivity (Wildman–Crippen MR) is 130 cm³/mol. The van der Waals surface area contributed by atoms with Gasteiger partial charge >= 0.3 is 0 Å². The van der Waals surface area contributed by atoms with Crippen LogP contribution in [0.2, 0.25) is 0 Å². The van der Waals surface area contributed by atoms with E-state index in [4.69, 9.17) is 4.74 Å². The van der Waals surface area contributed by atoms with Gasteiger partial charge in [0.15, 0.2) is 11.5 Å². The molecule has 11 heteroatoms. The molecule has 2 N–H and O–H groups in total. The second-order valence-electron chi connectivity index (χ2n) is 7.12. The molecule has 0 aliphatic heterocycles. The predicted octanol–water partition coefficient (Wildman–Crippen LogP) is 3.96. The van der Waals surface area contributed by atoms with Crippen LogP contribution in [0.4, 0.5) is 10.1 Å². The van der Waals surface area contributed by atoms with Crippen LogP contribution < -0.4 is 14.5 Å². The van der Waals surface area contributed by atoms with E-state index in [0.29, 0.717) is 14.3 Å². The van der Waals surface area contributed by atoms with E-state index < -0.39 is 28.3 Å². The van der Waals surface area contributed by atoms with Crippen LogP contribution in [0.3, 0.4) is 0 Å². The van der Waals surface area contributed by atoms with Crippen molar-refractivity contribution in [3.8, 4) is 11.5 Å². The SMILES string of the molecule is COc1cc(/C=N/NC(=O)CN(c2ccccc2F)S(=O)(=O)c2ccc(C)cc2)cc(Br)c1O. The first-order valence-corrected chi connectivity index (χ1v) is 12.1. The summed E-state index contributed by atoms with van der Waals surface area (Å²) >= 11 is 3.18. The number of aromatic hydroxyl groups is 1. The van der Waals surface area contributed by atoms with Crippen LogP contribution in [0, 0.1) is 12.7 Å². The standard InChI is InChI=1S/C23H21BrFN3O5S/c1-15-7-9-17(10-8-15)34(31,32)28(20-6-4-3-5-19(20)25)14-22(29)27-26-13-16-11-18(24)23(30)21(12-16)33-2/h3-13,30H,14H2,1-2H3,(H,27,29)/b26-13+. The summed E-state index contributed by atoms with van der Waals surface area (Å²) in [5, 5.41) is 13.7. The molecule has 0 spiro atoms. The lowest BCUT2D eigenvalue weighted by Gasteiger charge is -2.24. The molecule has 0 unspecified atom stereocenters. The highest BCUT2D eigenvalue weighted by atomic mass is 79.9. The minimum Gasteiger partial charge on any atom is -0.503 e. The van der Waals surface area contributed by atoms with Gasteiger partial charge in [0, 0.05) is 0 Å². The Balaban J connectivity index is 1.85. The van der Waals surface area contributed by atoms with Crippen molar-refractivity contribution in [2.75, 3.05) is 18.0 Å². The number of anilines is 1. The van der Waals surface area contributed by atoms with Gasteiger partial charge in [-0.05, 0) is 64.8 Å². The molecule has 34 heavy (non-hydrogen) atoms. The highest BCUT2D eigenvalue weighted by Crippen LogP contribution is 2.34. The molecule has 0 heterocycles. The minimum absolute atomic E-state index is 0.0845. The lowest BCUT2D eigenvalue weighted by atomic mass is 10.2. The number of benzene rings is 3. The average Bonchev–Trinajstić information content (AvgIpc) is 2.80. The van der Waals surface area contributed by atoms with Crippen LogP contribution in [0.1, 0.15) is 11.1 Å². The lowest BCUT2D eigenvalue weighted by Crippen LogP contribution is -2.40. The number of methoxy groups -OCH3 is 1. The van der Waals surface area contributed by atoms with E-state index >= 15 is 0 Å². The quantitative estimate of drug-likeness (QED) is 0.326. The molecule has 0 aliphatic carbocycles. The Bertz CT molecular complexity index is 1330. The maximum absolute atomic E-state index is 14.5. The normalized spacial score (nSPS) is 11.4. The Morgan fingerprint density at radius 1 is 1.21 bits per heavy atom. The molecule has 0 saturated heterocycles. The Kier molecular flexibility index (Phi) is 7.90. The Morgan fingerprint density at radius 3 is 2.53 bits per heavy atom. The number of aryl methyl sites for hydroxylation is 1. The molecule has 0 saturated carbocycles. The third kappa shape index (κ3) is 5.72. The highest BCUT2D eigenvalue weighted by molar-refractivity contribution is 9.10. The number of phenolic OH excluding ortho intramolecular Hbond substituents is 1. The van der Waals surface area contributed by atoms with E-state index in [1.807, 2.05) is 0 Å². The first-order valence-electron chi connectivity index (χ1n) is 9.86. The number of phenols is 1. The van der Waals surface area contributed by atoms with Crippen LogP contribution in [0.5, 0.6) is 11.5 Å². The van der Waals surface area contributed by atoms with Gasteiger partial charge in [0.25, 0.3) is 15.9 Å². The van der Waals surface area contributed by atoms with Crippen molar-refractivity contribution < 1.29 is 27.4 Å². The van der Waals surface area contributed by atoms with Gasteiger partial charge in [-0.15, -0.1) is 0 Å². The van der Waals surface area contributed by atoms with Crippen molar-refractivity contribution in [2.45, 2.75) is 11.8 Å². The zero-order valence-corrected chi connectivity index (χ0v) is 20.6. The van der Waals surface area contributed by atoms with Gasteiger partial charge in [-0.3, -0.25) is 9.10 Å². The smallest absolute Gasteiger partial charge is 0.264 e. The topological polar surface area (TPSA) is 108 Å². The maximum Gasteiger partial charge on any atom is 0.264 e. The molecule has 0 atom stereocenters. The van der Waals surface area contributed by atoms with Crippen molar-refractivity contribution in [3.63, 3.8) is 0 Å². The third-order valence-corrected chi connectivity index (χ3v) is 7.07. The Hall–Kier alpha value is -3.44. The Labute approximate surface area is 204 Å². The zero-order chi connectivity index (χ0) is 24.9. The first kappa shape index (κ1) is 25.2. The van der Waals surface area contributed by atoms with Crippen LogP contribution in [-0.2, 0) is 14.8 Å². The number of hydrogen-bond donors (Lipinski definition) is 2. The van der Waals surface area contributed by atoms with E-state index in [1.165, 1.54) is 49.7 Å². The molecule has 0 radical (unpaired) electrons. The summed E-state index contributed by atoms with van der Waals surface area (Å²) < 4.78 is 47.1. The number of ether oxygens (including phenoxy) is 1. The van der Waals surface area contributed by atoms with E-state index in [-0.39, 0.29) is 22.1 Å². The number of rotatable bonds is 8. The summed E-state index contributed by atoms with van der Waals surface area (Å²) in [5.41, 5.74) is 3.30. The fourth-order valence-electron chi connectivity index (χ4n) is 2.96. The van der Waals surface area contributed by atoms with Crippen LogP contribution in [0.25, 0.3) is 0 Å². The van der Waals surface area contributed by atoms with Crippen molar-refractivity contribution in [1.82, 2.24) is 5.43 Å². The number of halogens is 2. The molecule has 3 rings (SSSR count). The van der Waals surface area contributed by atoms with Gasteiger partial charge in [0.05, 0.1) is 28.4 Å². The first-order chi connectivity index (χ1) is 16.1. The van der Waals surface area contributed by atoms with Gasteiger partial charge in [-0.2, -0.15) is 5.10 Å². The highest BCUT2D eigenvalue weighted by Gasteiger charge is 2.29. The number of nitrogens with one attached hydrogen (secondary N) is 1. The summed E-state index contributed by atoms with van der Waals surface area (Å²) in [6, 6.07) is 14.3. The van der Waals surface area contributed by atoms with Crippen molar-refractivity contribution in [3.05, 3.63) is 82.1 Å². The maximum atomic E-state index is 14.5. The van der Waals surface area contributed by atoms with E-state index in [0.717, 1.165) is 11.6 Å². The molecule has 0 aliphatic rings. The minimum atomic E-state index is -4.25. The molecular weight excluding hydrogens is 529 g/mol. The van der Waals surface area contributed by atoms with Crippen molar-refractivity contribution in [2.24, 2.45) is 5.10 Å². The molecule has 3 aromatic carbocycles. The number of carbonyl (C=O) groups is 1. The summed E-state index contributed by atoms with van der Waals surface area (Å²) in [4.78, 5) is 12.5. The molecule has 0 aromatic heterocycles. The largest absolute Gasteiger partial charge is 0.503 e. The van der Waals surface area contributed by atoms with E-state index in [9.17, 15) is 22.7 Å². The van der Waals surface area contributed by atoms with Crippen molar-refractivity contribution in [1.29, 1.82) is 0 Å². The number of sulfonamides is 1. The van der Waals surface area contributed by atoms with Gasteiger partial charge in [0.1, 0.15) is 12.4 Å². The number of para-hydroxylation sites is 1. The van der Waals surface area contributed by atoms with Gasteiger partial charge < -0.3 is 9.84 Å². The Morgan fingerprint density at radius 2 is 1.88 bits per heavy atom. The van der Waals surface area contributed by atoms with Crippen LogP contribution >= 0.6 is 15.9 Å². The summed E-state index contributed by atoms with van der Waals surface area (Å²) in [6.45, 7) is 1.09. The molecule has 0 fully saturated rings. The lowest BCUT2D eigenvalue weighted by molar-refractivity contribution is -0.119. The fraction of sp³-hybridized carbons (Fsp3) is 0.130. The average molecular weight is 550 g/mol. The van der Waals surface area contributed by atoms with Gasteiger partial charge in [-0.25, -0.2) is 18.2 Å². The molecule has 178 valence electrons. The second kappa shape index (κ2) is 10.7. The van der Waals surface area contributed by atoms with Gasteiger partial charge in [0.2, 0.25) is 0 Å². The van der Waals surface area contributed by atoms with Crippen molar-refractivity contribution >= 4 is 43.8 Å². The monoisotopic (exact) mass is 549 g/mol. The molecule has 1 amide bonds. The number of hydrogen-bond acceptors (Lipinski definition) is 6. The van der Waals surface area contributed by atoms with Gasteiger partial charge in [-0.1, -0.05) is 29.8 Å². The number of carbonyl (C=O) groups excluding carboxylic acids is 1.